The molecule has 1 unspecified atom stereocenters. The summed E-state index contributed by atoms with van der Waals surface area (Å²) >= 11 is 0. The highest BCUT2D eigenvalue weighted by Crippen LogP contribution is 2.24. The van der Waals surface area contributed by atoms with E-state index in [1.807, 2.05) is 36.9 Å². The van der Waals surface area contributed by atoms with E-state index in [9.17, 15) is 9.59 Å². The molecular weight excluding hydrogens is 304 g/mol. The van der Waals surface area contributed by atoms with Gasteiger partial charge in [0.25, 0.3) is 5.91 Å². The van der Waals surface area contributed by atoms with Gasteiger partial charge >= 0.3 is 0 Å². The summed E-state index contributed by atoms with van der Waals surface area (Å²) in [4.78, 5) is 26.7. The van der Waals surface area contributed by atoms with Crippen molar-refractivity contribution >= 4 is 17.5 Å². The third kappa shape index (κ3) is 3.61. The van der Waals surface area contributed by atoms with Crippen LogP contribution in [-0.4, -0.2) is 42.5 Å². The first-order chi connectivity index (χ1) is 11.6. The maximum atomic E-state index is 12.5. The number of benzene rings is 1. The largest absolute Gasteiger partial charge is 0.368 e. The van der Waals surface area contributed by atoms with E-state index in [0.717, 1.165) is 36.9 Å². The average molecular weight is 330 g/mol. The molecule has 0 saturated carbocycles. The van der Waals surface area contributed by atoms with Gasteiger partial charge in [-0.1, -0.05) is 12.1 Å². The maximum Gasteiger partial charge on any atom is 0.251 e. The third-order valence-electron chi connectivity index (χ3n) is 5.25. The first kappa shape index (κ1) is 17.0. The predicted molar refractivity (Wildman–Crippen MR) is 92.8 cm³/mol. The van der Waals surface area contributed by atoms with Crippen molar-refractivity contribution in [2.45, 2.75) is 45.6 Å². The van der Waals surface area contributed by atoms with E-state index in [1.54, 1.807) is 0 Å². The molecule has 0 spiro atoms. The molecule has 0 radical (unpaired) electrons. The number of amides is 2. The van der Waals surface area contributed by atoms with E-state index in [-0.39, 0.29) is 23.8 Å². The Labute approximate surface area is 143 Å². The van der Waals surface area contributed by atoms with Crippen LogP contribution in [0.3, 0.4) is 0 Å². The lowest BCUT2D eigenvalue weighted by Gasteiger charge is -2.32. The van der Waals surface area contributed by atoms with Gasteiger partial charge in [0, 0.05) is 31.3 Å². The molecule has 3 rings (SSSR count). The molecule has 2 heterocycles. The quantitative estimate of drug-likeness (QED) is 0.927. The monoisotopic (exact) mass is 330 g/mol. The summed E-state index contributed by atoms with van der Waals surface area (Å²) in [6.45, 7) is 6.03. The first-order valence-corrected chi connectivity index (χ1v) is 8.83. The zero-order chi connectivity index (χ0) is 17.1. The molecule has 2 aliphatic heterocycles. The summed E-state index contributed by atoms with van der Waals surface area (Å²) in [5.41, 5.74) is 3.17. The molecule has 2 aliphatic rings. The van der Waals surface area contributed by atoms with Crippen molar-refractivity contribution in [3.8, 4) is 0 Å². The second kappa shape index (κ2) is 7.34. The van der Waals surface area contributed by atoms with Gasteiger partial charge in [0.05, 0.1) is 0 Å². The van der Waals surface area contributed by atoms with E-state index in [1.165, 1.54) is 5.56 Å². The molecule has 2 fully saturated rings. The zero-order valence-electron chi connectivity index (χ0n) is 14.5. The van der Waals surface area contributed by atoms with Crippen LogP contribution in [0.4, 0.5) is 5.69 Å². The predicted octanol–water partition coefficient (Wildman–Crippen LogP) is 2.66. The molecule has 5 heteroatoms. The summed E-state index contributed by atoms with van der Waals surface area (Å²) in [6, 6.07) is 5.94. The summed E-state index contributed by atoms with van der Waals surface area (Å²) in [6.07, 6.45) is 2.96. The number of anilines is 1. The van der Waals surface area contributed by atoms with E-state index in [4.69, 9.17) is 4.74 Å². The van der Waals surface area contributed by atoms with Gasteiger partial charge in [-0.05, 0) is 56.7 Å². The number of nitrogens with one attached hydrogen (secondary N) is 1. The van der Waals surface area contributed by atoms with Gasteiger partial charge in [-0.2, -0.15) is 0 Å². The number of likely N-dealkylation sites (tertiary alicyclic amines) is 1. The van der Waals surface area contributed by atoms with E-state index >= 15 is 0 Å². The number of carbonyl (C=O) groups is 2. The van der Waals surface area contributed by atoms with Crippen molar-refractivity contribution in [2.24, 2.45) is 5.92 Å². The highest BCUT2D eigenvalue weighted by Gasteiger charge is 2.32. The lowest BCUT2D eigenvalue weighted by atomic mass is 9.95. The number of rotatable bonds is 3. The van der Waals surface area contributed by atoms with Crippen molar-refractivity contribution in [3.05, 3.63) is 29.3 Å². The van der Waals surface area contributed by atoms with Crippen LogP contribution in [0.25, 0.3) is 0 Å². The van der Waals surface area contributed by atoms with Crippen molar-refractivity contribution in [3.63, 3.8) is 0 Å². The smallest absolute Gasteiger partial charge is 0.251 e. The van der Waals surface area contributed by atoms with Gasteiger partial charge in [-0.15, -0.1) is 0 Å². The standard InChI is InChI=1S/C19H26N2O3/c1-13-5-3-6-16(14(13)2)20-18(22)15-8-10-21(11-9-15)19(23)17-7-4-12-24-17/h3,5-6,15,17H,4,7-12H2,1-2H3,(H,20,22). The molecule has 130 valence electrons. The fraction of sp³-hybridized carbons (Fsp3) is 0.579. The Morgan fingerprint density at radius 3 is 2.58 bits per heavy atom. The second-order valence-corrected chi connectivity index (χ2v) is 6.84. The Bertz CT molecular complexity index is 615. The van der Waals surface area contributed by atoms with Crippen molar-refractivity contribution in [1.29, 1.82) is 0 Å². The van der Waals surface area contributed by atoms with Crippen LogP contribution in [0.2, 0.25) is 0 Å². The van der Waals surface area contributed by atoms with Crippen LogP contribution in [-0.2, 0) is 14.3 Å². The van der Waals surface area contributed by atoms with E-state index in [2.05, 4.69) is 5.32 Å². The van der Waals surface area contributed by atoms with Crippen molar-refractivity contribution in [1.82, 2.24) is 4.90 Å². The van der Waals surface area contributed by atoms with Gasteiger partial charge in [0.1, 0.15) is 6.10 Å². The minimum atomic E-state index is -0.259. The molecule has 1 aromatic carbocycles. The molecule has 0 aromatic heterocycles. The van der Waals surface area contributed by atoms with Gasteiger partial charge in [-0.25, -0.2) is 0 Å². The zero-order valence-corrected chi connectivity index (χ0v) is 14.5. The average Bonchev–Trinajstić information content (AvgIpc) is 3.13. The topological polar surface area (TPSA) is 58.6 Å². The molecule has 1 aromatic rings. The molecule has 2 amide bonds. The molecule has 1 atom stereocenters. The van der Waals surface area contributed by atoms with Crippen molar-refractivity contribution in [2.75, 3.05) is 25.0 Å². The molecule has 2 saturated heterocycles. The fourth-order valence-electron chi connectivity index (χ4n) is 3.46. The Kier molecular flexibility index (Phi) is 5.19. The molecule has 1 N–H and O–H groups in total. The lowest BCUT2D eigenvalue weighted by Crippen LogP contribution is -2.45. The van der Waals surface area contributed by atoms with Crippen molar-refractivity contribution < 1.29 is 14.3 Å². The lowest BCUT2D eigenvalue weighted by molar-refractivity contribution is -0.143. The number of nitrogens with zero attached hydrogens (tertiary/aromatic N) is 1. The number of piperidine rings is 1. The minimum Gasteiger partial charge on any atom is -0.368 e. The minimum absolute atomic E-state index is 0.0292. The Hall–Kier alpha value is -1.88. The summed E-state index contributed by atoms with van der Waals surface area (Å²) in [5.74, 6) is 0.132. The summed E-state index contributed by atoms with van der Waals surface area (Å²) in [5, 5.41) is 3.05. The number of hydrogen-bond donors (Lipinski definition) is 1. The second-order valence-electron chi connectivity index (χ2n) is 6.84. The van der Waals surface area contributed by atoms with E-state index < -0.39 is 0 Å². The highest BCUT2D eigenvalue weighted by molar-refractivity contribution is 5.93. The van der Waals surface area contributed by atoms with Crippen LogP contribution in [0.5, 0.6) is 0 Å². The van der Waals surface area contributed by atoms with Crippen LogP contribution in [0.1, 0.15) is 36.8 Å². The molecule has 5 nitrogen and oxygen atoms in total. The molecule has 24 heavy (non-hydrogen) atoms. The van der Waals surface area contributed by atoms with Gasteiger partial charge in [0.2, 0.25) is 5.91 Å². The molecule has 0 aliphatic carbocycles. The van der Waals surface area contributed by atoms with E-state index in [0.29, 0.717) is 19.7 Å². The fourth-order valence-corrected chi connectivity index (χ4v) is 3.46. The van der Waals surface area contributed by atoms with Crippen LogP contribution in [0.15, 0.2) is 18.2 Å². The van der Waals surface area contributed by atoms with Gasteiger partial charge < -0.3 is 15.0 Å². The molecular formula is C19H26N2O3. The summed E-state index contributed by atoms with van der Waals surface area (Å²) in [7, 11) is 0. The Balaban J connectivity index is 1.53. The number of hydrogen-bond acceptors (Lipinski definition) is 3. The Morgan fingerprint density at radius 2 is 1.92 bits per heavy atom. The highest BCUT2D eigenvalue weighted by atomic mass is 16.5. The Morgan fingerprint density at radius 1 is 1.17 bits per heavy atom. The third-order valence-corrected chi connectivity index (χ3v) is 5.25. The number of aryl methyl sites for hydroxylation is 1. The summed E-state index contributed by atoms with van der Waals surface area (Å²) < 4.78 is 5.48. The van der Waals surface area contributed by atoms with Crippen LogP contribution in [0, 0.1) is 19.8 Å². The van der Waals surface area contributed by atoms with Crippen LogP contribution < -0.4 is 5.32 Å². The first-order valence-electron chi connectivity index (χ1n) is 8.83. The normalized spacial score (nSPS) is 21.8. The maximum absolute atomic E-state index is 12.5. The van der Waals surface area contributed by atoms with Gasteiger partial charge in [0.15, 0.2) is 0 Å². The SMILES string of the molecule is Cc1cccc(NC(=O)C2CCN(C(=O)C3CCCO3)CC2)c1C. The van der Waals surface area contributed by atoms with Gasteiger partial charge in [-0.3, -0.25) is 9.59 Å². The number of ether oxygens (including phenoxy) is 1. The number of carbonyl (C=O) groups excluding carboxylic acids is 2. The van der Waals surface area contributed by atoms with Crippen LogP contribution >= 0.6 is 0 Å². The molecule has 0 bridgehead atoms.